The molecule has 2 rings (SSSR count). The zero-order valence-corrected chi connectivity index (χ0v) is 14.7. The number of esters is 1. The Hall–Kier alpha value is -2.97. The molecule has 2 aromatic carbocycles. The van der Waals surface area contributed by atoms with Crippen molar-refractivity contribution >= 4 is 11.9 Å². The molecule has 0 atom stereocenters. The van der Waals surface area contributed by atoms with Gasteiger partial charge in [0.1, 0.15) is 18.2 Å². The van der Waals surface area contributed by atoms with E-state index in [0.717, 1.165) is 41.3 Å². The number of carbonyl (C=O) groups excluding carboxylic acids is 2. The fourth-order valence-electron chi connectivity index (χ4n) is 2.41. The summed E-state index contributed by atoms with van der Waals surface area (Å²) in [6.07, 6.45) is -4.52. The van der Waals surface area contributed by atoms with E-state index in [1.165, 1.54) is 0 Å². The van der Waals surface area contributed by atoms with Crippen molar-refractivity contribution in [3.8, 4) is 0 Å². The van der Waals surface area contributed by atoms with Gasteiger partial charge < -0.3 is 9.64 Å². The number of halogens is 5. The van der Waals surface area contributed by atoms with Crippen LogP contribution in [0.5, 0.6) is 0 Å². The first-order chi connectivity index (χ1) is 13.1. The molecule has 150 valence electrons. The van der Waals surface area contributed by atoms with E-state index in [9.17, 15) is 31.5 Å². The van der Waals surface area contributed by atoms with E-state index >= 15 is 0 Å². The van der Waals surface area contributed by atoms with Gasteiger partial charge in [-0.3, -0.25) is 9.59 Å². The van der Waals surface area contributed by atoms with Crippen molar-refractivity contribution in [1.82, 2.24) is 4.90 Å². The van der Waals surface area contributed by atoms with Gasteiger partial charge in [0, 0.05) is 6.54 Å². The largest absolute Gasteiger partial charge is 0.465 e. The lowest BCUT2D eigenvalue weighted by atomic mass is 10.1. The standard InChI is InChI=1S/C19H16F5NO3/c1-2-28-17(26)11-25(18(27)15-9-14(20)7-8-16(15)21)10-12-3-5-13(6-4-12)19(22,23)24/h3-9H,2,10-11H2,1H3. The van der Waals surface area contributed by atoms with Crippen LogP contribution >= 0.6 is 0 Å². The van der Waals surface area contributed by atoms with Crippen molar-refractivity contribution < 1.29 is 36.3 Å². The van der Waals surface area contributed by atoms with Gasteiger partial charge in [-0.15, -0.1) is 0 Å². The number of nitrogens with zero attached hydrogens (tertiary/aromatic N) is 1. The van der Waals surface area contributed by atoms with Gasteiger partial charge in [-0.1, -0.05) is 12.1 Å². The van der Waals surface area contributed by atoms with Crippen LogP contribution in [0.1, 0.15) is 28.4 Å². The molecular formula is C19H16F5NO3. The summed E-state index contributed by atoms with van der Waals surface area (Å²) in [5.74, 6) is -3.63. The number of alkyl halides is 3. The van der Waals surface area contributed by atoms with E-state index in [4.69, 9.17) is 4.74 Å². The molecule has 0 radical (unpaired) electrons. The molecule has 0 aliphatic carbocycles. The predicted octanol–water partition coefficient (Wildman–Crippen LogP) is 4.19. The first kappa shape index (κ1) is 21.3. The third kappa shape index (κ3) is 5.51. The highest BCUT2D eigenvalue weighted by Crippen LogP contribution is 2.29. The van der Waals surface area contributed by atoms with E-state index in [1.807, 2.05) is 0 Å². The van der Waals surface area contributed by atoms with Crippen LogP contribution < -0.4 is 0 Å². The average molecular weight is 401 g/mol. The van der Waals surface area contributed by atoms with Crippen LogP contribution in [0.25, 0.3) is 0 Å². The summed E-state index contributed by atoms with van der Waals surface area (Å²) >= 11 is 0. The van der Waals surface area contributed by atoms with Crippen molar-refractivity contribution in [1.29, 1.82) is 0 Å². The Morgan fingerprint density at radius 2 is 1.68 bits per heavy atom. The van der Waals surface area contributed by atoms with E-state index in [-0.39, 0.29) is 18.7 Å². The van der Waals surface area contributed by atoms with Crippen LogP contribution in [0.15, 0.2) is 42.5 Å². The number of hydrogen-bond donors (Lipinski definition) is 0. The van der Waals surface area contributed by atoms with E-state index < -0.39 is 47.4 Å². The lowest BCUT2D eigenvalue weighted by molar-refractivity contribution is -0.144. The molecule has 0 fully saturated rings. The maximum absolute atomic E-state index is 13.9. The molecule has 0 aliphatic heterocycles. The number of amides is 1. The van der Waals surface area contributed by atoms with Crippen molar-refractivity contribution in [2.75, 3.05) is 13.2 Å². The Kier molecular flexibility index (Phi) is 6.71. The Labute approximate surface area is 157 Å². The van der Waals surface area contributed by atoms with Crippen molar-refractivity contribution in [2.45, 2.75) is 19.6 Å². The minimum absolute atomic E-state index is 0.0372. The first-order valence-electron chi connectivity index (χ1n) is 8.18. The van der Waals surface area contributed by atoms with Crippen LogP contribution in [0, 0.1) is 11.6 Å². The highest BCUT2D eigenvalue weighted by atomic mass is 19.4. The van der Waals surface area contributed by atoms with Crippen LogP contribution in [0.2, 0.25) is 0 Å². The normalized spacial score (nSPS) is 11.2. The summed E-state index contributed by atoms with van der Waals surface area (Å²) in [6.45, 7) is 0.705. The lowest BCUT2D eigenvalue weighted by Crippen LogP contribution is -2.36. The molecule has 0 bridgehead atoms. The van der Waals surface area contributed by atoms with Gasteiger partial charge in [-0.05, 0) is 42.8 Å². The first-order valence-corrected chi connectivity index (χ1v) is 8.18. The summed E-state index contributed by atoms with van der Waals surface area (Å²) in [4.78, 5) is 25.3. The Morgan fingerprint density at radius 3 is 2.25 bits per heavy atom. The molecule has 4 nitrogen and oxygen atoms in total. The highest BCUT2D eigenvalue weighted by Gasteiger charge is 2.30. The molecule has 0 N–H and O–H groups in total. The summed E-state index contributed by atoms with van der Waals surface area (Å²) < 4.78 is 70.1. The van der Waals surface area contributed by atoms with E-state index in [1.54, 1.807) is 6.92 Å². The smallest absolute Gasteiger partial charge is 0.416 e. The summed E-state index contributed by atoms with van der Waals surface area (Å²) in [5, 5.41) is 0. The van der Waals surface area contributed by atoms with E-state index in [2.05, 4.69) is 0 Å². The van der Waals surface area contributed by atoms with Crippen molar-refractivity contribution in [3.63, 3.8) is 0 Å². The summed E-state index contributed by atoms with van der Waals surface area (Å²) in [6, 6.07) is 6.20. The predicted molar refractivity (Wildman–Crippen MR) is 89.2 cm³/mol. The maximum Gasteiger partial charge on any atom is 0.416 e. The van der Waals surface area contributed by atoms with E-state index in [0.29, 0.717) is 6.07 Å². The Bertz CT molecular complexity index is 850. The SMILES string of the molecule is CCOC(=O)CN(Cc1ccc(C(F)(F)F)cc1)C(=O)c1cc(F)ccc1F. The van der Waals surface area contributed by atoms with Gasteiger partial charge >= 0.3 is 12.1 Å². The van der Waals surface area contributed by atoms with Crippen molar-refractivity contribution in [2.24, 2.45) is 0 Å². The van der Waals surface area contributed by atoms with Crippen LogP contribution in [0.4, 0.5) is 22.0 Å². The molecule has 9 heteroatoms. The second kappa shape index (κ2) is 8.81. The second-order valence-corrected chi connectivity index (χ2v) is 5.79. The summed E-state index contributed by atoms with van der Waals surface area (Å²) in [7, 11) is 0. The van der Waals surface area contributed by atoms with Crippen LogP contribution in [-0.4, -0.2) is 29.9 Å². The zero-order chi connectivity index (χ0) is 20.9. The fourth-order valence-corrected chi connectivity index (χ4v) is 2.41. The van der Waals surface area contributed by atoms with Gasteiger partial charge in [-0.2, -0.15) is 13.2 Å². The molecular weight excluding hydrogens is 385 g/mol. The van der Waals surface area contributed by atoms with Gasteiger partial charge in [0.25, 0.3) is 5.91 Å². The molecule has 2 aromatic rings. The fraction of sp³-hybridized carbons (Fsp3) is 0.263. The molecule has 1 amide bonds. The average Bonchev–Trinajstić information content (AvgIpc) is 2.62. The molecule has 0 saturated heterocycles. The quantitative estimate of drug-likeness (QED) is 0.539. The van der Waals surface area contributed by atoms with Crippen LogP contribution in [-0.2, 0) is 22.3 Å². The topological polar surface area (TPSA) is 46.6 Å². The van der Waals surface area contributed by atoms with Crippen LogP contribution in [0.3, 0.4) is 0 Å². The van der Waals surface area contributed by atoms with Gasteiger partial charge in [0.2, 0.25) is 0 Å². The molecule has 0 aromatic heterocycles. The number of ether oxygens (including phenoxy) is 1. The zero-order valence-electron chi connectivity index (χ0n) is 14.7. The number of carbonyl (C=O) groups is 2. The summed E-state index contributed by atoms with van der Waals surface area (Å²) in [5.41, 5.74) is -1.21. The Balaban J connectivity index is 2.30. The molecule has 28 heavy (non-hydrogen) atoms. The number of rotatable bonds is 6. The third-order valence-electron chi connectivity index (χ3n) is 3.73. The number of hydrogen-bond acceptors (Lipinski definition) is 3. The monoisotopic (exact) mass is 401 g/mol. The second-order valence-electron chi connectivity index (χ2n) is 5.79. The van der Waals surface area contributed by atoms with Gasteiger partial charge in [0.15, 0.2) is 0 Å². The third-order valence-corrected chi connectivity index (χ3v) is 3.73. The van der Waals surface area contributed by atoms with Gasteiger partial charge in [-0.25, -0.2) is 8.78 Å². The van der Waals surface area contributed by atoms with Gasteiger partial charge in [0.05, 0.1) is 17.7 Å². The minimum Gasteiger partial charge on any atom is -0.465 e. The Morgan fingerprint density at radius 1 is 1.04 bits per heavy atom. The molecule has 0 spiro atoms. The molecule has 0 aliphatic rings. The van der Waals surface area contributed by atoms with Crippen molar-refractivity contribution in [3.05, 3.63) is 70.8 Å². The number of benzene rings is 2. The molecule has 0 heterocycles. The lowest BCUT2D eigenvalue weighted by Gasteiger charge is -2.22. The molecule has 0 unspecified atom stereocenters. The highest BCUT2D eigenvalue weighted by molar-refractivity contribution is 5.96. The minimum atomic E-state index is -4.52. The maximum atomic E-state index is 13.9. The molecule has 0 saturated carbocycles.